The zero-order valence-electron chi connectivity index (χ0n) is 12.7. The maximum atomic E-state index is 2.66. The lowest BCUT2D eigenvalue weighted by molar-refractivity contribution is 0.0951. The zero-order chi connectivity index (χ0) is 14.5. The van der Waals surface area contributed by atoms with Gasteiger partial charge in [-0.3, -0.25) is 9.80 Å². The Bertz CT molecular complexity index is 785. The molecule has 22 heavy (non-hydrogen) atoms. The fraction of sp³-hybridized carbons (Fsp3) is 0.300. The third-order valence-electron chi connectivity index (χ3n) is 5.33. The fourth-order valence-corrected chi connectivity index (χ4v) is 4.37. The Labute approximate surface area is 130 Å². The Morgan fingerprint density at radius 2 is 1.23 bits per heavy atom. The first-order valence-corrected chi connectivity index (χ1v) is 8.30. The molecule has 2 heteroatoms. The van der Waals surface area contributed by atoms with Gasteiger partial charge in [-0.1, -0.05) is 48.5 Å². The second-order valence-electron chi connectivity index (χ2n) is 6.53. The summed E-state index contributed by atoms with van der Waals surface area (Å²) < 4.78 is 0. The highest BCUT2D eigenvalue weighted by Crippen LogP contribution is 2.40. The van der Waals surface area contributed by atoms with Gasteiger partial charge in [0, 0.05) is 26.2 Å². The molecule has 5 rings (SSSR count). The fourth-order valence-electron chi connectivity index (χ4n) is 4.37. The molecule has 2 aliphatic heterocycles. The third-order valence-corrected chi connectivity index (χ3v) is 5.33. The van der Waals surface area contributed by atoms with Crippen LogP contribution >= 0.6 is 0 Å². The van der Waals surface area contributed by atoms with Gasteiger partial charge in [-0.05, 0) is 39.6 Å². The van der Waals surface area contributed by atoms with Gasteiger partial charge in [-0.25, -0.2) is 0 Å². The van der Waals surface area contributed by atoms with Crippen molar-refractivity contribution in [1.82, 2.24) is 9.80 Å². The molecule has 2 saturated heterocycles. The van der Waals surface area contributed by atoms with Crippen LogP contribution in [0.15, 0.2) is 54.6 Å². The number of nitrogens with zero attached hydrogens (tertiary/aromatic N) is 2. The number of hydrogen-bond acceptors (Lipinski definition) is 2. The van der Waals surface area contributed by atoms with Crippen LogP contribution in [-0.4, -0.2) is 36.0 Å². The second kappa shape index (κ2) is 4.80. The van der Waals surface area contributed by atoms with Crippen molar-refractivity contribution in [3.8, 4) is 0 Å². The van der Waals surface area contributed by atoms with Crippen LogP contribution in [-0.2, 0) is 0 Å². The monoisotopic (exact) mass is 288 g/mol. The van der Waals surface area contributed by atoms with Crippen molar-refractivity contribution in [2.24, 2.45) is 0 Å². The van der Waals surface area contributed by atoms with Crippen LogP contribution in [0.1, 0.15) is 18.2 Å². The highest BCUT2D eigenvalue weighted by Gasteiger charge is 2.37. The topological polar surface area (TPSA) is 6.48 Å². The van der Waals surface area contributed by atoms with Gasteiger partial charge in [-0.2, -0.15) is 0 Å². The van der Waals surface area contributed by atoms with Gasteiger partial charge in [0.25, 0.3) is 0 Å². The summed E-state index contributed by atoms with van der Waals surface area (Å²) in [5.74, 6) is 0. The smallest absolute Gasteiger partial charge is 0.0899 e. The standard InChI is InChI=1S/C20H20N2/c1-3-8-17-15(6-1)14-16-7-2-4-9-18(16)19(17)20-21-10-5-11-22(20)13-12-21/h1-4,6-9,14,20H,5,10-13H2. The van der Waals surface area contributed by atoms with E-state index in [1.165, 1.54) is 59.7 Å². The molecule has 110 valence electrons. The van der Waals surface area contributed by atoms with Crippen molar-refractivity contribution in [2.75, 3.05) is 26.2 Å². The lowest BCUT2D eigenvalue weighted by Gasteiger charge is -2.36. The van der Waals surface area contributed by atoms with Gasteiger partial charge in [0.1, 0.15) is 0 Å². The molecule has 0 radical (unpaired) electrons. The summed E-state index contributed by atoms with van der Waals surface area (Å²) >= 11 is 0. The molecule has 0 amide bonds. The molecule has 2 fully saturated rings. The van der Waals surface area contributed by atoms with Crippen molar-refractivity contribution in [3.63, 3.8) is 0 Å². The maximum Gasteiger partial charge on any atom is 0.0899 e. The van der Waals surface area contributed by atoms with E-state index in [0.29, 0.717) is 6.17 Å². The van der Waals surface area contributed by atoms with Crippen molar-refractivity contribution in [1.29, 1.82) is 0 Å². The minimum atomic E-state index is 0.463. The summed E-state index contributed by atoms with van der Waals surface area (Å²) in [6.07, 6.45) is 1.77. The van der Waals surface area contributed by atoms with Gasteiger partial charge >= 0.3 is 0 Å². The van der Waals surface area contributed by atoms with E-state index < -0.39 is 0 Å². The SMILES string of the molecule is c1ccc2c(C3N4CCCN3CC4)c3ccccc3cc2c1. The molecule has 2 unspecified atom stereocenters. The summed E-state index contributed by atoms with van der Waals surface area (Å²) in [7, 11) is 0. The first-order valence-electron chi connectivity index (χ1n) is 8.30. The predicted octanol–water partition coefficient (Wildman–Crippen LogP) is 4.01. The Morgan fingerprint density at radius 3 is 1.82 bits per heavy atom. The van der Waals surface area contributed by atoms with E-state index in [-0.39, 0.29) is 0 Å². The van der Waals surface area contributed by atoms with Crippen molar-refractivity contribution in [3.05, 3.63) is 60.2 Å². The van der Waals surface area contributed by atoms with E-state index in [2.05, 4.69) is 64.4 Å². The zero-order valence-corrected chi connectivity index (χ0v) is 12.7. The Morgan fingerprint density at radius 1 is 0.682 bits per heavy atom. The molecule has 2 nitrogen and oxygen atoms in total. The Balaban J connectivity index is 1.86. The Kier molecular flexibility index (Phi) is 2.76. The first kappa shape index (κ1) is 12.6. The second-order valence-corrected chi connectivity index (χ2v) is 6.53. The van der Waals surface area contributed by atoms with Crippen LogP contribution in [0.2, 0.25) is 0 Å². The highest BCUT2D eigenvalue weighted by atomic mass is 15.4. The van der Waals surface area contributed by atoms with Crippen LogP contribution < -0.4 is 0 Å². The first-order chi connectivity index (χ1) is 10.9. The molecule has 2 atom stereocenters. The molecule has 0 saturated carbocycles. The number of hydrogen-bond donors (Lipinski definition) is 0. The number of rotatable bonds is 1. The molecule has 2 aliphatic rings. The van der Waals surface area contributed by atoms with Gasteiger partial charge < -0.3 is 0 Å². The van der Waals surface area contributed by atoms with E-state index in [1.807, 2.05) is 0 Å². The van der Waals surface area contributed by atoms with Gasteiger partial charge in [0.15, 0.2) is 0 Å². The molecule has 3 aromatic rings. The van der Waals surface area contributed by atoms with E-state index in [1.54, 1.807) is 0 Å². The van der Waals surface area contributed by atoms with Crippen LogP contribution in [0.5, 0.6) is 0 Å². The summed E-state index contributed by atoms with van der Waals surface area (Å²) in [5, 5.41) is 5.57. The third kappa shape index (κ3) is 1.74. The Hall–Kier alpha value is -1.90. The van der Waals surface area contributed by atoms with Gasteiger partial charge in [0.05, 0.1) is 6.17 Å². The van der Waals surface area contributed by atoms with Gasteiger partial charge in [-0.15, -0.1) is 0 Å². The summed E-state index contributed by atoms with van der Waals surface area (Å²) in [6.45, 7) is 4.89. The lowest BCUT2D eigenvalue weighted by Crippen LogP contribution is -2.38. The van der Waals surface area contributed by atoms with Crippen molar-refractivity contribution < 1.29 is 0 Å². The predicted molar refractivity (Wildman–Crippen MR) is 92.0 cm³/mol. The average Bonchev–Trinajstić information content (AvgIpc) is 2.80. The van der Waals surface area contributed by atoms with E-state index in [0.717, 1.165) is 0 Å². The minimum absolute atomic E-state index is 0.463. The molecule has 2 heterocycles. The molecular weight excluding hydrogens is 268 g/mol. The molecule has 3 aromatic carbocycles. The normalized spacial score (nSPS) is 27.5. The van der Waals surface area contributed by atoms with Crippen LogP contribution in [0.3, 0.4) is 0 Å². The summed E-state index contributed by atoms with van der Waals surface area (Å²) in [5.41, 5.74) is 1.52. The molecule has 0 N–H and O–H groups in total. The number of benzene rings is 3. The quantitative estimate of drug-likeness (QED) is 0.624. The molecule has 2 bridgehead atoms. The highest BCUT2D eigenvalue weighted by molar-refractivity contribution is 6.02. The van der Waals surface area contributed by atoms with Crippen LogP contribution in [0, 0.1) is 0 Å². The van der Waals surface area contributed by atoms with Crippen molar-refractivity contribution in [2.45, 2.75) is 12.6 Å². The molecule has 0 aromatic heterocycles. The minimum Gasteiger partial charge on any atom is -0.283 e. The average molecular weight is 288 g/mol. The van der Waals surface area contributed by atoms with Gasteiger partial charge in [0.2, 0.25) is 0 Å². The maximum absolute atomic E-state index is 2.66. The van der Waals surface area contributed by atoms with Crippen LogP contribution in [0.25, 0.3) is 21.5 Å². The summed E-state index contributed by atoms with van der Waals surface area (Å²) in [4.78, 5) is 5.33. The van der Waals surface area contributed by atoms with E-state index in [9.17, 15) is 0 Å². The number of fused-ring (bicyclic) bond motifs is 4. The van der Waals surface area contributed by atoms with Crippen LogP contribution in [0.4, 0.5) is 0 Å². The molecule has 0 spiro atoms. The van der Waals surface area contributed by atoms with E-state index >= 15 is 0 Å². The lowest BCUT2D eigenvalue weighted by atomic mass is 9.93. The molecule has 0 aliphatic carbocycles. The largest absolute Gasteiger partial charge is 0.283 e. The van der Waals surface area contributed by atoms with E-state index in [4.69, 9.17) is 0 Å². The molecular formula is C20H20N2. The van der Waals surface area contributed by atoms with Crippen molar-refractivity contribution >= 4 is 21.5 Å². The summed E-state index contributed by atoms with van der Waals surface area (Å²) in [6, 6.07) is 20.1.